The highest BCUT2D eigenvalue weighted by molar-refractivity contribution is 6.30. The van der Waals surface area contributed by atoms with Gasteiger partial charge in [-0.3, -0.25) is 9.59 Å². The van der Waals surface area contributed by atoms with Gasteiger partial charge in [0.15, 0.2) is 29.2 Å². The van der Waals surface area contributed by atoms with E-state index in [1.165, 1.54) is 39.0 Å². The molecular weight excluding hydrogens is 508 g/mol. The van der Waals surface area contributed by atoms with Crippen LogP contribution < -0.4 is 19.5 Å². The smallest absolute Gasteiger partial charge is 0.313 e. The second-order valence-corrected chi connectivity index (χ2v) is 9.55. The molecule has 0 unspecified atom stereocenters. The first-order valence-corrected chi connectivity index (χ1v) is 11.7. The minimum absolute atomic E-state index is 0.00831. The summed E-state index contributed by atoms with van der Waals surface area (Å²) in [5, 5.41) is 12.4. The van der Waals surface area contributed by atoms with Crippen molar-refractivity contribution >= 4 is 29.2 Å². The van der Waals surface area contributed by atoms with E-state index in [4.69, 9.17) is 25.8 Å². The number of fused-ring (bicyclic) bond motifs is 1. The van der Waals surface area contributed by atoms with E-state index in [0.717, 1.165) is 12.1 Å². The number of halogens is 3. The van der Waals surface area contributed by atoms with Crippen LogP contribution in [0.2, 0.25) is 5.02 Å². The quantitative estimate of drug-likeness (QED) is 0.402. The summed E-state index contributed by atoms with van der Waals surface area (Å²) in [5.74, 6) is -2.36. The van der Waals surface area contributed by atoms with Crippen molar-refractivity contribution in [1.82, 2.24) is 0 Å². The molecule has 0 aromatic heterocycles. The van der Waals surface area contributed by atoms with E-state index in [0.29, 0.717) is 16.5 Å². The van der Waals surface area contributed by atoms with Gasteiger partial charge in [-0.15, -0.1) is 0 Å². The van der Waals surface area contributed by atoms with E-state index < -0.39 is 35.0 Å². The normalized spacial score (nSPS) is 14.7. The lowest BCUT2D eigenvalue weighted by molar-refractivity contribution is -0.142. The summed E-state index contributed by atoms with van der Waals surface area (Å²) in [4.78, 5) is 24.4. The first-order chi connectivity index (χ1) is 17.5. The van der Waals surface area contributed by atoms with Crippen LogP contribution in [-0.4, -0.2) is 36.3 Å². The van der Waals surface area contributed by atoms with E-state index in [1.54, 1.807) is 18.2 Å². The first kappa shape index (κ1) is 26.2. The number of benzene rings is 3. The molecule has 3 aromatic rings. The predicted octanol–water partition coefficient (Wildman–Crippen LogP) is 5.76. The van der Waals surface area contributed by atoms with Gasteiger partial charge in [-0.25, -0.2) is 8.78 Å². The maximum Gasteiger partial charge on any atom is 0.313 e. The van der Waals surface area contributed by atoms with Crippen molar-refractivity contribution in [3.63, 3.8) is 0 Å². The summed E-state index contributed by atoms with van der Waals surface area (Å²) in [6, 6.07) is 11.2. The van der Waals surface area contributed by atoms with E-state index in [1.807, 2.05) is 0 Å². The average molecular weight is 532 g/mol. The summed E-state index contributed by atoms with van der Waals surface area (Å²) in [7, 11) is 0. The topological polar surface area (TPSA) is 94.1 Å². The molecular formula is C27H24ClF2NO6. The van der Waals surface area contributed by atoms with Crippen LogP contribution in [0.25, 0.3) is 0 Å². The third-order valence-corrected chi connectivity index (χ3v) is 6.29. The van der Waals surface area contributed by atoms with Gasteiger partial charge >= 0.3 is 5.97 Å². The van der Waals surface area contributed by atoms with Gasteiger partial charge in [-0.2, -0.15) is 0 Å². The fourth-order valence-corrected chi connectivity index (χ4v) is 3.88. The van der Waals surface area contributed by atoms with Crippen molar-refractivity contribution < 1.29 is 37.7 Å². The number of anilines is 1. The first-order valence-electron chi connectivity index (χ1n) is 11.3. The van der Waals surface area contributed by atoms with Crippen molar-refractivity contribution in [3.05, 3.63) is 81.9 Å². The van der Waals surface area contributed by atoms with Crippen molar-refractivity contribution in [2.24, 2.45) is 0 Å². The Morgan fingerprint density at radius 2 is 1.89 bits per heavy atom. The number of carboxylic acid groups (broad SMARTS) is 1. The number of aliphatic carboxylic acids is 1. The summed E-state index contributed by atoms with van der Waals surface area (Å²) in [6.45, 7) is 4.45. The molecule has 0 spiro atoms. The van der Waals surface area contributed by atoms with Crippen molar-refractivity contribution in [3.8, 4) is 17.2 Å². The number of hydrogen-bond acceptors (Lipinski definition) is 5. The number of carbonyl (C=O) groups is 2. The van der Waals surface area contributed by atoms with Crippen molar-refractivity contribution in [2.75, 3.05) is 18.5 Å². The van der Waals surface area contributed by atoms with Crippen LogP contribution in [0.3, 0.4) is 0 Å². The molecule has 0 saturated heterocycles. The summed E-state index contributed by atoms with van der Waals surface area (Å²) in [5.41, 5.74) is -1.14. The molecule has 2 N–H and O–H groups in total. The maximum atomic E-state index is 15.1. The summed E-state index contributed by atoms with van der Waals surface area (Å²) in [6.07, 6.45) is -0.508. The highest BCUT2D eigenvalue weighted by Gasteiger charge is 2.30. The molecule has 194 valence electrons. The number of ether oxygens (including phenoxy) is 3. The lowest BCUT2D eigenvalue weighted by Gasteiger charge is -2.26. The number of carbonyl (C=O) groups excluding carboxylic acids is 1. The number of rotatable bonds is 7. The van der Waals surface area contributed by atoms with E-state index >= 15 is 4.39 Å². The zero-order valence-electron chi connectivity index (χ0n) is 20.2. The lowest BCUT2D eigenvalue weighted by Crippen LogP contribution is -2.34. The van der Waals surface area contributed by atoms with Gasteiger partial charge in [0, 0.05) is 27.9 Å². The predicted molar refractivity (Wildman–Crippen MR) is 133 cm³/mol. The van der Waals surface area contributed by atoms with Gasteiger partial charge in [-0.05, 0) is 68.8 Å². The van der Waals surface area contributed by atoms with E-state index in [9.17, 15) is 19.1 Å². The Morgan fingerprint density at radius 1 is 1.14 bits per heavy atom. The van der Waals surface area contributed by atoms with Gasteiger partial charge in [0.05, 0.1) is 5.41 Å². The van der Waals surface area contributed by atoms with Crippen LogP contribution in [0.4, 0.5) is 14.5 Å². The van der Waals surface area contributed by atoms with Crippen LogP contribution >= 0.6 is 11.6 Å². The Balaban J connectivity index is 1.46. The van der Waals surface area contributed by atoms with Crippen LogP contribution in [0, 0.1) is 18.6 Å². The zero-order valence-corrected chi connectivity index (χ0v) is 21.0. The molecule has 3 aromatic carbocycles. The van der Waals surface area contributed by atoms with Gasteiger partial charge in [0.25, 0.3) is 5.91 Å². The molecule has 1 amide bonds. The third kappa shape index (κ3) is 5.61. The molecule has 0 bridgehead atoms. The summed E-state index contributed by atoms with van der Waals surface area (Å²) < 4.78 is 46.2. The average Bonchev–Trinajstić information content (AvgIpc) is 2.84. The second kappa shape index (κ2) is 10.3. The number of hydrogen-bond donors (Lipinski definition) is 2. The van der Waals surface area contributed by atoms with Gasteiger partial charge < -0.3 is 24.6 Å². The van der Waals surface area contributed by atoms with Crippen LogP contribution in [0.1, 0.15) is 35.3 Å². The molecule has 1 aliphatic heterocycles. The Morgan fingerprint density at radius 3 is 2.62 bits per heavy atom. The Kier molecular flexibility index (Phi) is 7.27. The van der Waals surface area contributed by atoms with Crippen molar-refractivity contribution in [1.29, 1.82) is 0 Å². The molecule has 10 heteroatoms. The monoisotopic (exact) mass is 531 g/mol. The Bertz CT molecular complexity index is 1380. The zero-order chi connectivity index (χ0) is 26.9. The standard InChI is InChI=1S/C27H24ClF2NO6/c1-14-20(25(32)31-18-9-15(8-17(29)11-18)27(2,3)26(33)34)5-7-22(24(14)30)36-13-19-12-35-21-6-4-16(28)10-23(21)37-19/h4-11,19H,12-13H2,1-3H3,(H,31,32)(H,33,34)/t19-/m1/s1. The fraction of sp³-hybridized carbons (Fsp3) is 0.259. The van der Waals surface area contributed by atoms with Gasteiger partial charge in [-0.1, -0.05) is 11.6 Å². The molecule has 4 rings (SSSR count). The third-order valence-electron chi connectivity index (χ3n) is 6.06. The number of carboxylic acids is 1. The lowest BCUT2D eigenvalue weighted by atomic mass is 9.84. The van der Waals surface area contributed by atoms with Gasteiger partial charge in [0.2, 0.25) is 0 Å². The molecule has 1 atom stereocenters. The molecule has 1 heterocycles. The molecule has 0 saturated carbocycles. The molecule has 0 aliphatic carbocycles. The molecule has 1 aliphatic rings. The molecule has 0 radical (unpaired) electrons. The maximum absolute atomic E-state index is 15.1. The highest BCUT2D eigenvalue weighted by atomic mass is 35.5. The molecule has 37 heavy (non-hydrogen) atoms. The van der Waals surface area contributed by atoms with Gasteiger partial charge in [0.1, 0.15) is 19.0 Å². The SMILES string of the molecule is Cc1c(C(=O)Nc2cc(F)cc(C(C)(C)C(=O)O)c2)ccc(OC[C@H]2COc3ccc(Cl)cc3O2)c1F. The summed E-state index contributed by atoms with van der Waals surface area (Å²) >= 11 is 5.98. The largest absolute Gasteiger partial charge is 0.486 e. The minimum Gasteiger partial charge on any atom is -0.486 e. The fourth-order valence-electron chi connectivity index (χ4n) is 3.72. The van der Waals surface area contributed by atoms with Crippen molar-refractivity contribution in [2.45, 2.75) is 32.3 Å². The minimum atomic E-state index is -1.38. The highest BCUT2D eigenvalue weighted by Crippen LogP contribution is 2.34. The number of nitrogens with one attached hydrogen (secondary N) is 1. The van der Waals surface area contributed by atoms with E-state index in [-0.39, 0.29) is 41.3 Å². The molecule has 0 fully saturated rings. The molecule has 7 nitrogen and oxygen atoms in total. The Labute approximate surface area is 216 Å². The number of amides is 1. The second-order valence-electron chi connectivity index (χ2n) is 9.12. The van der Waals surface area contributed by atoms with Crippen LogP contribution in [0.15, 0.2) is 48.5 Å². The van der Waals surface area contributed by atoms with Crippen LogP contribution in [-0.2, 0) is 10.2 Å². The Hall–Kier alpha value is -3.85. The van der Waals surface area contributed by atoms with E-state index in [2.05, 4.69) is 5.32 Å². The van der Waals surface area contributed by atoms with Crippen LogP contribution in [0.5, 0.6) is 17.2 Å².